The zero-order valence-corrected chi connectivity index (χ0v) is 12.2. The summed E-state index contributed by atoms with van der Waals surface area (Å²) < 4.78 is 6.81. The van der Waals surface area contributed by atoms with Gasteiger partial charge in [-0.25, -0.2) is 0 Å². The predicted molar refractivity (Wildman–Crippen MR) is 76.7 cm³/mol. The van der Waals surface area contributed by atoms with Crippen molar-refractivity contribution in [3.63, 3.8) is 0 Å². The van der Waals surface area contributed by atoms with E-state index in [0.717, 1.165) is 36.6 Å². The number of nitrogens with one attached hydrogen (secondary N) is 1. The Morgan fingerprint density at radius 2 is 1.94 bits per heavy atom. The van der Waals surface area contributed by atoms with Crippen molar-refractivity contribution in [1.82, 2.24) is 5.32 Å². The average Bonchev–Trinajstić information content (AvgIpc) is 3.18. The Labute approximate surface area is 117 Å². The van der Waals surface area contributed by atoms with Crippen molar-refractivity contribution >= 4 is 15.9 Å². The fraction of sp³-hybridized carbons (Fsp3) is 0.600. The second-order valence-electron chi connectivity index (χ2n) is 5.50. The maximum Gasteiger partial charge on any atom is 0.0512 e. The molecule has 1 saturated carbocycles. The first-order valence-corrected chi connectivity index (χ1v) is 7.69. The van der Waals surface area contributed by atoms with Gasteiger partial charge in [-0.2, -0.15) is 0 Å². The number of halogens is 1. The van der Waals surface area contributed by atoms with Crippen LogP contribution in [0.15, 0.2) is 28.7 Å². The molecule has 1 saturated heterocycles. The Hall–Kier alpha value is -0.380. The summed E-state index contributed by atoms with van der Waals surface area (Å²) >= 11 is 3.49. The lowest BCUT2D eigenvalue weighted by molar-refractivity contribution is 0.0316. The molecule has 0 radical (unpaired) electrons. The van der Waals surface area contributed by atoms with E-state index in [1.165, 1.54) is 18.4 Å². The molecule has 1 aromatic carbocycles. The Morgan fingerprint density at radius 3 is 2.67 bits per heavy atom. The number of ether oxygens (including phenoxy) is 1. The van der Waals surface area contributed by atoms with Crippen LogP contribution in [-0.2, 0) is 11.2 Å². The SMILES string of the molecule is Brc1ccc(C[C@H]2COCC[C@@H]2NC2CC2)cc1. The van der Waals surface area contributed by atoms with Crippen LogP contribution in [0, 0.1) is 5.92 Å². The molecule has 0 spiro atoms. The molecule has 2 aliphatic rings. The van der Waals surface area contributed by atoms with E-state index in [2.05, 4.69) is 45.5 Å². The average molecular weight is 310 g/mol. The van der Waals surface area contributed by atoms with Gasteiger partial charge in [0.2, 0.25) is 0 Å². The smallest absolute Gasteiger partial charge is 0.0512 e. The third-order valence-electron chi connectivity index (χ3n) is 3.91. The summed E-state index contributed by atoms with van der Waals surface area (Å²) in [6, 6.07) is 10.1. The molecule has 0 unspecified atom stereocenters. The number of hydrogen-bond acceptors (Lipinski definition) is 2. The van der Waals surface area contributed by atoms with Crippen LogP contribution in [0.4, 0.5) is 0 Å². The lowest BCUT2D eigenvalue weighted by Gasteiger charge is -2.32. The normalized spacial score (nSPS) is 28.3. The van der Waals surface area contributed by atoms with E-state index in [4.69, 9.17) is 4.74 Å². The fourth-order valence-electron chi connectivity index (χ4n) is 2.69. The maximum absolute atomic E-state index is 5.66. The molecule has 1 aliphatic carbocycles. The lowest BCUT2D eigenvalue weighted by Crippen LogP contribution is -2.44. The molecule has 18 heavy (non-hydrogen) atoms. The molecular weight excluding hydrogens is 290 g/mol. The summed E-state index contributed by atoms with van der Waals surface area (Å²) in [5.41, 5.74) is 1.41. The van der Waals surface area contributed by atoms with Crippen molar-refractivity contribution < 1.29 is 4.74 Å². The third-order valence-corrected chi connectivity index (χ3v) is 4.44. The summed E-state index contributed by atoms with van der Waals surface area (Å²) in [7, 11) is 0. The quantitative estimate of drug-likeness (QED) is 0.922. The van der Waals surface area contributed by atoms with Crippen molar-refractivity contribution in [2.24, 2.45) is 5.92 Å². The fourth-order valence-corrected chi connectivity index (χ4v) is 2.96. The summed E-state index contributed by atoms with van der Waals surface area (Å²) in [5, 5.41) is 3.79. The Bertz CT molecular complexity index is 388. The van der Waals surface area contributed by atoms with Gasteiger partial charge in [0.05, 0.1) is 6.61 Å². The Morgan fingerprint density at radius 1 is 1.17 bits per heavy atom. The highest BCUT2D eigenvalue weighted by molar-refractivity contribution is 9.10. The lowest BCUT2D eigenvalue weighted by atomic mass is 9.89. The summed E-state index contributed by atoms with van der Waals surface area (Å²) in [5.74, 6) is 0.625. The van der Waals surface area contributed by atoms with Crippen LogP contribution in [0.3, 0.4) is 0 Å². The Balaban J connectivity index is 1.62. The van der Waals surface area contributed by atoms with Gasteiger partial charge in [0, 0.05) is 29.1 Å². The van der Waals surface area contributed by atoms with E-state index >= 15 is 0 Å². The minimum Gasteiger partial charge on any atom is -0.381 e. The summed E-state index contributed by atoms with van der Waals surface area (Å²) in [6.45, 7) is 1.82. The van der Waals surface area contributed by atoms with Crippen LogP contribution in [-0.4, -0.2) is 25.3 Å². The molecule has 1 aromatic rings. The molecule has 3 heteroatoms. The van der Waals surface area contributed by atoms with Crippen LogP contribution >= 0.6 is 15.9 Å². The third kappa shape index (κ3) is 3.34. The first-order valence-electron chi connectivity index (χ1n) is 6.89. The van der Waals surface area contributed by atoms with Crippen molar-refractivity contribution in [3.8, 4) is 0 Å². The molecule has 1 N–H and O–H groups in total. The van der Waals surface area contributed by atoms with Crippen molar-refractivity contribution in [1.29, 1.82) is 0 Å². The molecule has 2 atom stereocenters. The van der Waals surface area contributed by atoms with E-state index in [1.54, 1.807) is 0 Å². The summed E-state index contributed by atoms with van der Waals surface area (Å²) in [4.78, 5) is 0. The maximum atomic E-state index is 5.66. The largest absolute Gasteiger partial charge is 0.381 e. The standard InChI is InChI=1S/C15H20BrNO/c16-13-3-1-11(2-4-13)9-12-10-18-8-7-15(12)17-14-5-6-14/h1-4,12,14-15,17H,5-10H2/t12-,15-/m0/s1. The molecule has 2 fully saturated rings. The van der Waals surface area contributed by atoms with Crippen molar-refractivity contribution in [3.05, 3.63) is 34.3 Å². The second kappa shape index (κ2) is 5.72. The molecule has 2 nitrogen and oxygen atoms in total. The second-order valence-corrected chi connectivity index (χ2v) is 6.42. The van der Waals surface area contributed by atoms with Crippen LogP contribution in [0.25, 0.3) is 0 Å². The van der Waals surface area contributed by atoms with E-state index in [-0.39, 0.29) is 0 Å². The Kier molecular flexibility index (Phi) is 4.02. The predicted octanol–water partition coefficient (Wildman–Crippen LogP) is 3.15. The van der Waals surface area contributed by atoms with Crippen LogP contribution in [0.5, 0.6) is 0 Å². The first kappa shape index (κ1) is 12.6. The van der Waals surface area contributed by atoms with Gasteiger partial charge in [-0.15, -0.1) is 0 Å². The highest BCUT2D eigenvalue weighted by Gasteiger charge is 2.31. The highest BCUT2D eigenvalue weighted by atomic mass is 79.9. The van der Waals surface area contributed by atoms with Gasteiger partial charge < -0.3 is 10.1 Å². The molecule has 98 valence electrons. The molecular formula is C15H20BrNO. The number of benzene rings is 1. The highest BCUT2D eigenvalue weighted by Crippen LogP contribution is 2.26. The topological polar surface area (TPSA) is 21.3 Å². The van der Waals surface area contributed by atoms with Gasteiger partial charge in [0.25, 0.3) is 0 Å². The van der Waals surface area contributed by atoms with Gasteiger partial charge in [-0.3, -0.25) is 0 Å². The van der Waals surface area contributed by atoms with Crippen molar-refractivity contribution in [2.75, 3.05) is 13.2 Å². The monoisotopic (exact) mass is 309 g/mol. The van der Waals surface area contributed by atoms with Gasteiger partial charge in [-0.05, 0) is 43.4 Å². The number of rotatable bonds is 4. The van der Waals surface area contributed by atoms with Gasteiger partial charge >= 0.3 is 0 Å². The first-order chi connectivity index (χ1) is 8.81. The minimum atomic E-state index is 0.625. The number of hydrogen-bond donors (Lipinski definition) is 1. The van der Waals surface area contributed by atoms with Crippen LogP contribution < -0.4 is 5.32 Å². The zero-order valence-electron chi connectivity index (χ0n) is 10.6. The van der Waals surface area contributed by atoms with E-state index in [1.807, 2.05) is 0 Å². The van der Waals surface area contributed by atoms with E-state index in [9.17, 15) is 0 Å². The molecule has 0 amide bonds. The van der Waals surface area contributed by atoms with E-state index < -0.39 is 0 Å². The van der Waals surface area contributed by atoms with Crippen LogP contribution in [0.1, 0.15) is 24.8 Å². The molecule has 3 rings (SSSR count). The molecule has 1 aliphatic heterocycles. The summed E-state index contributed by atoms with van der Waals surface area (Å²) in [6.07, 6.45) is 5.01. The molecule has 0 bridgehead atoms. The van der Waals surface area contributed by atoms with Crippen molar-refractivity contribution in [2.45, 2.75) is 37.8 Å². The molecule has 1 heterocycles. The zero-order chi connectivity index (χ0) is 12.4. The van der Waals surface area contributed by atoms with Crippen LogP contribution in [0.2, 0.25) is 0 Å². The van der Waals surface area contributed by atoms with Gasteiger partial charge in [0.1, 0.15) is 0 Å². The molecule has 0 aromatic heterocycles. The minimum absolute atomic E-state index is 0.625. The van der Waals surface area contributed by atoms with E-state index in [0.29, 0.717) is 12.0 Å². The van der Waals surface area contributed by atoms with Gasteiger partial charge in [0.15, 0.2) is 0 Å². The van der Waals surface area contributed by atoms with Gasteiger partial charge in [-0.1, -0.05) is 28.1 Å².